The Bertz CT molecular complexity index is 1380. The second kappa shape index (κ2) is 11.3. The van der Waals surface area contributed by atoms with Crippen LogP contribution in [0.4, 0.5) is 5.69 Å². The normalized spacial score (nSPS) is 19.6. The zero-order chi connectivity index (χ0) is 26.9. The number of carbonyl (C=O) groups is 2. The Kier molecular flexibility index (Phi) is 8.00. The maximum absolute atomic E-state index is 13.4. The molecule has 0 saturated carbocycles. The van der Waals surface area contributed by atoms with Gasteiger partial charge in [0.1, 0.15) is 5.75 Å². The van der Waals surface area contributed by atoms with Gasteiger partial charge in [0.15, 0.2) is 0 Å². The number of phenols is 1. The number of rotatable bonds is 5. The third kappa shape index (κ3) is 6.01. The number of phenolic OH excluding ortho intramolecular Hbond substituents is 1. The first kappa shape index (κ1) is 27.0. The molecule has 1 spiro atoms. The Balaban J connectivity index is 1.23. The number of nitrogens with zero attached hydrogens (tertiary/aromatic N) is 2. The highest BCUT2D eigenvalue weighted by Crippen LogP contribution is 2.40. The number of amides is 2. The number of likely N-dealkylation sites (tertiary alicyclic amines) is 2. The van der Waals surface area contributed by atoms with Crippen LogP contribution in [0.2, 0.25) is 10.0 Å². The molecule has 2 fully saturated rings. The molecule has 9 heteroatoms. The summed E-state index contributed by atoms with van der Waals surface area (Å²) < 4.78 is 0.799. The number of piperidine rings is 1. The van der Waals surface area contributed by atoms with Crippen LogP contribution in [0.15, 0.2) is 65.1 Å². The molecule has 2 heterocycles. The van der Waals surface area contributed by atoms with Crippen molar-refractivity contribution in [2.45, 2.75) is 25.8 Å². The minimum Gasteiger partial charge on any atom is -0.507 e. The molecule has 2 N–H and O–H groups in total. The van der Waals surface area contributed by atoms with E-state index in [0.29, 0.717) is 34.4 Å². The summed E-state index contributed by atoms with van der Waals surface area (Å²) >= 11 is 15.6. The Morgan fingerprint density at radius 1 is 0.974 bits per heavy atom. The summed E-state index contributed by atoms with van der Waals surface area (Å²) in [6.07, 6.45) is 3.01. The van der Waals surface area contributed by atoms with Gasteiger partial charge in [0.25, 0.3) is 11.8 Å². The van der Waals surface area contributed by atoms with Gasteiger partial charge in [-0.1, -0.05) is 51.3 Å². The number of halogens is 3. The lowest BCUT2D eigenvalue weighted by atomic mass is 9.79. The molecule has 0 aliphatic carbocycles. The smallest absolute Gasteiger partial charge is 0.257 e. The molecule has 1 atom stereocenters. The first-order valence-corrected chi connectivity index (χ1v) is 14.1. The van der Waals surface area contributed by atoms with Crippen LogP contribution in [-0.4, -0.2) is 52.9 Å². The van der Waals surface area contributed by atoms with Crippen LogP contribution in [0, 0.1) is 5.41 Å². The lowest BCUT2D eigenvalue weighted by Crippen LogP contribution is -2.47. The van der Waals surface area contributed by atoms with Gasteiger partial charge in [-0.3, -0.25) is 14.5 Å². The van der Waals surface area contributed by atoms with Gasteiger partial charge in [0.05, 0.1) is 15.6 Å². The molecule has 2 saturated heterocycles. The molecule has 0 radical (unpaired) electrons. The molecule has 2 amide bonds. The molecule has 0 bridgehead atoms. The predicted octanol–water partition coefficient (Wildman–Crippen LogP) is 6.84. The predicted molar refractivity (Wildman–Crippen MR) is 154 cm³/mol. The van der Waals surface area contributed by atoms with E-state index in [1.807, 2.05) is 29.2 Å². The van der Waals surface area contributed by atoms with E-state index in [9.17, 15) is 14.7 Å². The quantitative estimate of drug-likeness (QED) is 0.329. The van der Waals surface area contributed by atoms with Crippen molar-refractivity contribution in [3.63, 3.8) is 0 Å². The monoisotopic (exact) mass is 615 g/mol. The summed E-state index contributed by atoms with van der Waals surface area (Å²) in [5.74, 6) is -0.627. The maximum atomic E-state index is 13.4. The van der Waals surface area contributed by atoms with E-state index in [1.54, 1.807) is 30.3 Å². The molecular weight excluding hydrogens is 589 g/mol. The summed E-state index contributed by atoms with van der Waals surface area (Å²) in [6, 6.07) is 17.5. The number of carbonyl (C=O) groups excluding carboxylic acids is 2. The van der Waals surface area contributed by atoms with Crippen molar-refractivity contribution in [2.75, 3.05) is 31.5 Å². The van der Waals surface area contributed by atoms with E-state index in [4.69, 9.17) is 23.2 Å². The first-order chi connectivity index (χ1) is 18.2. The highest BCUT2D eigenvalue weighted by Gasteiger charge is 2.42. The van der Waals surface area contributed by atoms with Crippen molar-refractivity contribution in [1.82, 2.24) is 9.80 Å². The van der Waals surface area contributed by atoms with Crippen molar-refractivity contribution >= 4 is 56.6 Å². The van der Waals surface area contributed by atoms with Gasteiger partial charge in [-0.05, 0) is 73.8 Å². The summed E-state index contributed by atoms with van der Waals surface area (Å²) in [4.78, 5) is 30.3. The standard InChI is InChI=1S/C29H28BrCl2N3O3/c30-21-4-1-3-20(14-21)27(37)33-22-6-7-23(26(36)15-22)28(38)35-11-2-9-29(18-35)10-12-34(17-29)16-19-5-8-24(31)25(32)13-19/h1,3-8,13-15,36H,2,9-12,16-18H2,(H,33,37). The van der Waals surface area contributed by atoms with Crippen LogP contribution in [-0.2, 0) is 6.54 Å². The average Bonchev–Trinajstić information content (AvgIpc) is 3.27. The highest BCUT2D eigenvalue weighted by atomic mass is 79.9. The van der Waals surface area contributed by atoms with E-state index >= 15 is 0 Å². The highest BCUT2D eigenvalue weighted by molar-refractivity contribution is 9.10. The Labute approximate surface area is 240 Å². The number of benzene rings is 3. The molecule has 38 heavy (non-hydrogen) atoms. The largest absolute Gasteiger partial charge is 0.507 e. The van der Waals surface area contributed by atoms with E-state index in [0.717, 1.165) is 48.9 Å². The molecule has 2 aliphatic rings. The van der Waals surface area contributed by atoms with Crippen LogP contribution < -0.4 is 5.32 Å². The van der Waals surface area contributed by atoms with Crippen molar-refractivity contribution in [2.24, 2.45) is 5.41 Å². The maximum Gasteiger partial charge on any atom is 0.257 e. The van der Waals surface area contributed by atoms with Gasteiger partial charge >= 0.3 is 0 Å². The number of anilines is 1. The zero-order valence-corrected chi connectivity index (χ0v) is 23.8. The van der Waals surface area contributed by atoms with Crippen LogP contribution in [0.5, 0.6) is 5.75 Å². The van der Waals surface area contributed by atoms with Gasteiger partial charge in [0, 0.05) is 53.4 Å². The topological polar surface area (TPSA) is 72.9 Å². The number of hydrogen-bond donors (Lipinski definition) is 2. The van der Waals surface area contributed by atoms with Gasteiger partial charge in [0.2, 0.25) is 0 Å². The molecule has 5 rings (SSSR count). The summed E-state index contributed by atoms with van der Waals surface area (Å²) in [5.41, 5.74) is 2.32. The van der Waals surface area contributed by atoms with Gasteiger partial charge < -0.3 is 15.3 Å². The summed E-state index contributed by atoms with van der Waals surface area (Å²) in [7, 11) is 0. The molecule has 1 unspecified atom stereocenters. The molecule has 2 aliphatic heterocycles. The SMILES string of the molecule is O=C(Nc1ccc(C(=O)N2CCCC3(CCN(Cc4ccc(Cl)c(Cl)c4)C3)C2)c(O)c1)c1cccc(Br)c1. The molecule has 0 aromatic heterocycles. The lowest BCUT2D eigenvalue weighted by Gasteiger charge is -2.40. The molecule has 198 valence electrons. The summed E-state index contributed by atoms with van der Waals surface area (Å²) in [5, 5.41) is 14.6. The minimum absolute atomic E-state index is 0.0393. The van der Waals surface area contributed by atoms with Gasteiger partial charge in [-0.15, -0.1) is 0 Å². The van der Waals surface area contributed by atoms with Crippen molar-refractivity contribution in [1.29, 1.82) is 0 Å². The van der Waals surface area contributed by atoms with E-state index < -0.39 is 0 Å². The average molecular weight is 617 g/mol. The fraction of sp³-hybridized carbons (Fsp3) is 0.310. The van der Waals surface area contributed by atoms with Crippen LogP contribution in [0.25, 0.3) is 0 Å². The zero-order valence-electron chi connectivity index (χ0n) is 20.7. The second-order valence-electron chi connectivity index (χ2n) is 10.2. The Morgan fingerprint density at radius 2 is 1.82 bits per heavy atom. The molecule has 6 nitrogen and oxygen atoms in total. The second-order valence-corrected chi connectivity index (χ2v) is 12.0. The van der Waals surface area contributed by atoms with Crippen molar-refractivity contribution in [3.8, 4) is 5.75 Å². The number of aromatic hydroxyl groups is 1. The molecule has 3 aromatic carbocycles. The third-order valence-corrected chi connectivity index (χ3v) is 8.66. The fourth-order valence-corrected chi connectivity index (χ4v) is 6.29. The van der Waals surface area contributed by atoms with Crippen LogP contribution in [0.3, 0.4) is 0 Å². The molecule has 3 aromatic rings. The first-order valence-electron chi connectivity index (χ1n) is 12.6. The van der Waals surface area contributed by atoms with Crippen LogP contribution >= 0.6 is 39.1 Å². The number of nitrogens with one attached hydrogen (secondary N) is 1. The Morgan fingerprint density at radius 3 is 2.58 bits per heavy atom. The fourth-order valence-electron chi connectivity index (χ4n) is 5.57. The summed E-state index contributed by atoms with van der Waals surface area (Å²) in [6.45, 7) is 3.97. The Hall–Kier alpha value is -2.58. The van der Waals surface area contributed by atoms with Crippen molar-refractivity contribution < 1.29 is 14.7 Å². The third-order valence-electron chi connectivity index (χ3n) is 7.43. The minimum atomic E-state index is -0.297. The lowest BCUT2D eigenvalue weighted by molar-refractivity contribution is 0.0524. The van der Waals surface area contributed by atoms with Gasteiger partial charge in [-0.25, -0.2) is 0 Å². The van der Waals surface area contributed by atoms with E-state index in [1.165, 1.54) is 6.07 Å². The van der Waals surface area contributed by atoms with E-state index in [2.05, 4.69) is 26.1 Å². The number of hydrogen-bond acceptors (Lipinski definition) is 4. The molecular formula is C29H28BrCl2N3O3. The van der Waals surface area contributed by atoms with Crippen molar-refractivity contribution in [3.05, 3.63) is 91.9 Å². The van der Waals surface area contributed by atoms with Gasteiger partial charge in [-0.2, -0.15) is 0 Å². The van der Waals surface area contributed by atoms with Crippen LogP contribution in [0.1, 0.15) is 45.5 Å². The van der Waals surface area contributed by atoms with E-state index in [-0.39, 0.29) is 28.5 Å².